The minimum atomic E-state index is -3.88. The zero-order valence-corrected chi connectivity index (χ0v) is 17.7. The van der Waals surface area contributed by atoms with Gasteiger partial charge in [-0.15, -0.1) is 0 Å². The summed E-state index contributed by atoms with van der Waals surface area (Å²) in [6.45, 7) is 3.40. The number of sulfonamides is 1. The number of nitrogens with one attached hydrogen (secondary N) is 2. The van der Waals surface area contributed by atoms with Crippen molar-refractivity contribution < 1.29 is 23.1 Å². The number of allylic oxidation sites excluding steroid dienone is 2. The van der Waals surface area contributed by atoms with E-state index in [0.717, 1.165) is 0 Å². The van der Waals surface area contributed by atoms with Gasteiger partial charge in [0.1, 0.15) is 11.6 Å². The lowest BCUT2D eigenvalue weighted by Gasteiger charge is -2.27. The van der Waals surface area contributed by atoms with Crippen LogP contribution in [-0.4, -0.2) is 30.3 Å². The molecule has 0 saturated heterocycles. The van der Waals surface area contributed by atoms with E-state index in [4.69, 9.17) is 0 Å². The Bertz CT molecular complexity index is 1160. The van der Waals surface area contributed by atoms with Crippen LogP contribution in [0.15, 0.2) is 47.4 Å². The summed E-state index contributed by atoms with van der Waals surface area (Å²) in [6, 6.07) is 7.15. The van der Waals surface area contributed by atoms with Gasteiger partial charge in [0.25, 0.3) is 10.0 Å². The van der Waals surface area contributed by atoms with Crippen LogP contribution in [0.3, 0.4) is 0 Å². The molecule has 1 amide bonds. The number of benzene rings is 1. The summed E-state index contributed by atoms with van der Waals surface area (Å²) in [6.07, 6.45) is 4.34. The first-order valence-electron chi connectivity index (χ1n) is 9.79. The Morgan fingerprint density at radius 1 is 1.03 bits per heavy atom. The van der Waals surface area contributed by atoms with Crippen molar-refractivity contribution in [3.63, 3.8) is 0 Å². The largest absolute Gasteiger partial charge is 0.550 e. The van der Waals surface area contributed by atoms with Gasteiger partial charge in [0, 0.05) is 29.3 Å². The number of amides is 1. The molecule has 1 aromatic carbocycles. The van der Waals surface area contributed by atoms with E-state index in [1.54, 1.807) is 13.8 Å². The second-order valence-electron chi connectivity index (χ2n) is 7.88. The maximum atomic E-state index is 12.7. The maximum Gasteiger partial charge on any atom is 0.263 e. The van der Waals surface area contributed by atoms with E-state index in [1.165, 1.54) is 30.3 Å². The van der Waals surface area contributed by atoms with Gasteiger partial charge in [-0.1, -0.05) is 12.2 Å². The molecular weight excluding hydrogens is 420 g/mol. The molecular formula is C21H21N4O5S-. The van der Waals surface area contributed by atoms with Gasteiger partial charge < -0.3 is 15.2 Å². The average molecular weight is 441 g/mol. The third-order valence-corrected chi connectivity index (χ3v) is 7.04. The van der Waals surface area contributed by atoms with Crippen molar-refractivity contribution >= 4 is 33.4 Å². The van der Waals surface area contributed by atoms with Crippen LogP contribution in [-0.2, 0) is 19.6 Å². The minimum Gasteiger partial charge on any atom is -0.550 e. The Morgan fingerprint density at radius 2 is 1.68 bits per heavy atom. The number of aryl methyl sites for hydroxylation is 2. The summed E-state index contributed by atoms with van der Waals surface area (Å²) in [7, 11) is -3.88. The summed E-state index contributed by atoms with van der Waals surface area (Å²) in [5.41, 5.74) is 1.01. The number of fused-ring (bicyclic) bond motifs is 2. The average Bonchev–Trinajstić information content (AvgIpc) is 3.28. The van der Waals surface area contributed by atoms with Crippen LogP contribution in [0.4, 0.5) is 11.5 Å². The van der Waals surface area contributed by atoms with Gasteiger partial charge in [0.05, 0.1) is 10.8 Å². The highest BCUT2D eigenvalue weighted by Gasteiger charge is 2.48. The van der Waals surface area contributed by atoms with Crippen LogP contribution in [0.1, 0.15) is 17.9 Å². The number of carbonyl (C=O) groups is 2. The molecule has 4 rings (SSSR count). The number of rotatable bonds is 6. The number of nitrogens with zero attached hydrogens (tertiary/aromatic N) is 2. The molecule has 2 aliphatic carbocycles. The Morgan fingerprint density at radius 3 is 2.29 bits per heavy atom. The fourth-order valence-electron chi connectivity index (χ4n) is 4.41. The molecule has 0 aliphatic heterocycles. The molecule has 1 saturated carbocycles. The number of carboxylic acid groups (broad SMARTS) is 1. The quantitative estimate of drug-likeness (QED) is 0.638. The lowest BCUT2D eigenvalue weighted by Crippen LogP contribution is -2.42. The van der Waals surface area contributed by atoms with Gasteiger partial charge in [-0.25, -0.2) is 18.4 Å². The molecule has 4 atom stereocenters. The van der Waals surface area contributed by atoms with E-state index in [9.17, 15) is 23.1 Å². The van der Waals surface area contributed by atoms with Gasteiger partial charge in [0.2, 0.25) is 5.91 Å². The van der Waals surface area contributed by atoms with E-state index in [0.29, 0.717) is 23.6 Å². The molecule has 0 spiro atoms. The Hall–Kier alpha value is -3.27. The monoisotopic (exact) mass is 441 g/mol. The van der Waals surface area contributed by atoms with E-state index < -0.39 is 33.7 Å². The van der Waals surface area contributed by atoms with Crippen LogP contribution in [0.2, 0.25) is 0 Å². The predicted octanol–water partition coefficient (Wildman–Crippen LogP) is 1.02. The first-order valence-corrected chi connectivity index (χ1v) is 11.3. The van der Waals surface area contributed by atoms with Gasteiger partial charge in [0.15, 0.2) is 0 Å². The molecule has 0 unspecified atom stereocenters. The van der Waals surface area contributed by atoms with Gasteiger partial charge in [-0.2, -0.15) is 0 Å². The van der Waals surface area contributed by atoms with Crippen molar-refractivity contribution in [2.45, 2.75) is 25.2 Å². The molecule has 2 bridgehead atoms. The summed E-state index contributed by atoms with van der Waals surface area (Å²) in [5.74, 6) is -2.88. The molecule has 1 fully saturated rings. The Labute approximate surface area is 179 Å². The van der Waals surface area contributed by atoms with Crippen LogP contribution < -0.4 is 15.1 Å². The highest BCUT2D eigenvalue weighted by molar-refractivity contribution is 7.92. The molecule has 10 heteroatoms. The Balaban J connectivity index is 1.47. The predicted molar refractivity (Wildman–Crippen MR) is 110 cm³/mol. The highest BCUT2D eigenvalue weighted by Crippen LogP contribution is 2.48. The number of anilines is 2. The molecule has 2 aliphatic rings. The third-order valence-electron chi connectivity index (χ3n) is 5.67. The third kappa shape index (κ3) is 4.15. The number of carbonyl (C=O) groups excluding carboxylic acids is 2. The van der Waals surface area contributed by atoms with E-state index in [1.807, 2.05) is 12.2 Å². The van der Waals surface area contributed by atoms with Crippen molar-refractivity contribution in [2.75, 3.05) is 10.0 Å². The fourth-order valence-corrected chi connectivity index (χ4v) is 5.40. The standard InChI is InChI=1S/C21H22N4O5S/c1-11-9-17(23-12(2)22-11)25-31(29,30)16-7-5-15(6-8-16)24-20(26)18-13-3-4-14(10-13)19(18)21(27)28/h3-9,13-14,18-19H,10H2,1-2H3,(H,24,26)(H,27,28)(H,22,23,25)/p-1/t13-,14-,18+,19-/m0/s1. The lowest BCUT2D eigenvalue weighted by atomic mass is 9.82. The number of aromatic nitrogens is 2. The maximum absolute atomic E-state index is 12.7. The van der Waals surface area contributed by atoms with Crippen molar-refractivity contribution in [3.05, 3.63) is 54.0 Å². The molecule has 1 heterocycles. The molecule has 9 nitrogen and oxygen atoms in total. The smallest absolute Gasteiger partial charge is 0.263 e. The van der Waals surface area contributed by atoms with Gasteiger partial charge in [-0.3, -0.25) is 9.52 Å². The lowest BCUT2D eigenvalue weighted by molar-refractivity contribution is -0.313. The van der Waals surface area contributed by atoms with Crippen molar-refractivity contribution in [1.29, 1.82) is 0 Å². The summed E-state index contributed by atoms with van der Waals surface area (Å²) < 4.78 is 27.7. The van der Waals surface area contributed by atoms with Crippen LogP contribution >= 0.6 is 0 Å². The molecule has 162 valence electrons. The second kappa shape index (κ2) is 7.77. The number of hydrogen-bond acceptors (Lipinski definition) is 7. The summed E-state index contributed by atoms with van der Waals surface area (Å²) >= 11 is 0. The molecule has 0 radical (unpaired) electrons. The minimum absolute atomic E-state index is 0.00473. The topological polar surface area (TPSA) is 141 Å². The molecule has 2 N–H and O–H groups in total. The van der Waals surface area contributed by atoms with Crippen LogP contribution in [0, 0.1) is 37.5 Å². The highest BCUT2D eigenvalue weighted by atomic mass is 32.2. The van der Waals surface area contributed by atoms with E-state index in [2.05, 4.69) is 20.0 Å². The van der Waals surface area contributed by atoms with Crippen molar-refractivity contribution in [1.82, 2.24) is 9.97 Å². The number of hydrogen-bond donors (Lipinski definition) is 2. The van der Waals surface area contributed by atoms with Crippen LogP contribution in [0.25, 0.3) is 0 Å². The van der Waals surface area contributed by atoms with Gasteiger partial charge >= 0.3 is 0 Å². The number of carboxylic acids is 1. The zero-order chi connectivity index (χ0) is 22.3. The Kier molecular flexibility index (Phi) is 5.26. The summed E-state index contributed by atoms with van der Waals surface area (Å²) in [5, 5.41) is 14.2. The second-order valence-corrected chi connectivity index (χ2v) is 9.56. The number of aliphatic carboxylic acids is 1. The zero-order valence-electron chi connectivity index (χ0n) is 16.9. The molecule has 2 aromatic rings. The normalized spacial score (nSPS) is 24.2. The van der Waals surface area contributed by atoms with Crippen molar-refractivity contribution in [2.24, 2.45) is 23.7 Å². The SMILES string of the molecule is Cc1cc(NS(=O)(=O)c2ccc(NC(=O)[C@H]3[C@@H](C(=O)[O-])[C@H]4C=C[C@H]3C4)cc2)nc(C)n1. The first kappa shape index (κ1) is 21.0. The van der Waals surface area contributed by atoms with E-state index in [-0.39, 0.29) is 22.5 Å². The van der Waals surface area contributed by atoms with E-state index >= 15 is 0 Å². The van der Waals surface area contributed by atoms with Crippen LogP contribution in [0.5, 0.6) is 0 Å². The fraction of sp³-hybridized carbons (Fsp3) is 0.333. The first-order chi connectivity index (χ1) is 14.6. The van der Waals surface area contributed by atoms with Gasteiger partial charge in [-0.05, 0) is 56.4 Å². The molecule has 1 aromatic heterocycles. The van der Waals surface area contributed by atoms with Crippen molar-refractivity contribution in [3.8, 4) is 0 Å². The molecule has 31 heavy (non-hydrogen) atoms. The summed E-state index contributed by atoms with van der Waals surface area (Å²) in [4.78, 5) is 32.4.